The Balaban J connectivity index is 1.70. The van der Waals surface area contributed by atoms with E-state index in [1.54, 1.807) is 12.1 Å². The molecule has 3 rings (SSSR count). The molecule has 0 fully saturated rings. The average molecular weight is 331 g/mol. The Morgan fingerprint density at radius 3 is 2.16 bits per heavy atom. The summed E-state index contributed by atoms with van der Waals surface area (Å²) in [5, 5.41) is 13.6. The summed E-state index contributed by atoms with van der Waals surface area (Å²) in [4.78, 5) is 12.6. The fourth-order valence-corrected chi connectivity index (χ4v) is 2.82. The first-order chi connectivity index (χ1) is 12.3. The van der Waals surface area contributed by atoms with Crippen LogP contribution in [0.3, 0.4) is 0 Å². The first-order valence-corrected chi connectivity index (χ1v) is 8.40. The van der Waals surface area contributed by atoms with Crippen LogP contribution in [0, 0.1) is 0 Å². The van der Waals surface area contributed by atoms with E-state index in [4.69, 9.17) is 0 Å². The summed E-state index contributed by atoms with van der Waals surface area (Å²) in [5.74, 6) is -0.165. The largest absolute Gasteiger partial charge is 0.384 e. The van der Waals surface area contributed by atoms with E-state index in [9.17, 15) is 9.90 Å². The minimum absolute atomic E-state index is 0.165. The molecule has 1 unspecified atom stereocenters. The number of amides is 1. The maximum Gasteiger partial charge on any atom is 0.251 e. The zero-order valence-corrected chi connectivity index (χ0v) is 13.9. The second-order valence-corrected chi connectivity index (χ2v) is 5.89. The van der Waals surface area contributed by atoms with Crippen molar-refractivity contribution in [1.29, 1.82) is 0 Å². The Kier molecular flexibility index (Phi) is 5.60. The van der Waals surface area contributed by atoms with Crippen LogP contribution in [-0.2, 0) is 6.42 Å². The van der Waals surface area contributed by atoms with Gasteiger partial charge in [-0.05, 0) is 29.2 Å². The van der Waals surface area contributed by atoms with Crippen molar-refractivity contribution in [3.05, 3.63) is 107 Å². The first-order valence-electron chi connectivity index (χ1n) is 8.40. The molecule has 3 nitrogen and oxygen atoms in total. The van der Waals surface area contributed by atoms with Gasteiger partial charge in [0.2, 0.25) is 0 Å². The van der Waals surface area contributed by atoms with E-state index in [0.717, 1.165) is 12.0 Å². The minimum atomic E-state index is -0.822. The highest BCUT2D eigenvalue weighted by Gasteiger charge is 2.18. The van der Waals surface area contributed by atoms with Gasteiger partial charge >= 0.3 is 0 Å². The molecule has 1 atom stereocenters. The third kappa shape index (κ3) is 4.34. The van der Waals surface area contributed by atoms with E-state index in [1.165, 1.54) is 5.56 Å². The van der Waals surface area contributed by atoms with Gasteiger partial charge in [-0.25, -0.2) is 0 Å². The summed E-state index contributed by atoms with van der Waals surface area (Å²) in [6.07, 6.45) is -0.0482. The molecule has 0 aliphatic heterocycles. The molecule has 0 saturated heterocycles. The lowest BCUT2D eigenvalue weighted by atomic mass is 9.96. The zero-order chi connectivity index (χ0) is 17.5. The topological polar surface area (TPSA) is 49.3 Å². The van der Waals surface area contributed by atoms with Gasteiger partial charge in [0.1, 0.15) is 6.10 Å². The Morgan fingerprint density at radius 1 is 0.840 bits per heavy atom. The van der Waals surface area contributed by atoms with Crippen LogP contribution in [0.2, 0.25) is 0 Å². The van der Waals surface area contributed by atoms with Crippen molar-refractivity contribution in [2.45, 2.75) is 12.5 Å². The van der Waals surface area contributed by atoms with Gasteiger partial charge in [-0.15, -0.1) is 0 Å². The molecule has 3 heteroatoms. The number of aliphatic hydroxyl groups is 1. The SMILES string of the molecule is O=C(NCCc1ccccc1)c1ccccc1C(O)c1ccccc1. The van der Waals surface area contributed by atoms with Crippen molar-refractivity contribution in [1.82, 2.24) is 5.32 Å². The average Bonchev–Trinajstić information content (AvgIpc) is 2.69. The summed E-state index contributed by atoms with van der Waals surface area (Å²) in [6, 6.07) is 26.6. The molecule has 126 valence electrons. The number of aliphatic hydroxyl groups excluding tert-OH is 1. The number of nitrogens with one attached hydrogen (secondary N) is 1. The number of carbonyl (C=O) groups is 1. The van der Waals surface area contributed by atoms with Gasteiger partial charge in [-0.1, -0.05) is 78.9 Å². The normalized spacial score (nSPS) is 11.7. The van der Waals surface area contributed by atoms with Crippen molar-refractivity contribution in [2.24, 2.45) is 0 Å². The Morgan fingerprint density at radius 2 is 1.44 bits per heavy atom. The summed E-state index contributed by atoms with van der Waals surface area (Å²) >= 11 is 0. The van der Waals surface area contributed by atoms with Crippen LogP contribution in [0.1, 0.15) is 33.2 Å². The molecule has 0 bridgehead atoms. The third-order valence-electron chi connectivity index (χ3n) is 4.16. The number of hydrogen-bond donors (Lipinski definition) is 2. The maximum absolute atomic E-state index is 12.6. The fraction of sp³-hybridized carbons (Fsp3) is 0.136. The van der Waals surface area contributed by atoms with E-state index >= 15 is 0 Å². The zero-order valence-electron chi connectivity index (χ0n) is 13.9. The van der Waals surface area contributed by atoms with Gasteiger partial charge in [0.25, 0.3) is 5.91 Å². The Hall–Kier alpha value is -2.91. The fourth-order valence-electron chi connectivity index (χ4n) is 2.82. The molecular formula is C22H21NO2. The molecule has 0 heterocycles. The van der Waals surface area contributed by atoms with Crippen molar-refractivity contribution in [3.63, 3.8) is 0 Å². The highest BCUT2D eigenvalue weighted by molar-refractivity contribution is 5.95. The van der Waals surface area contributed by atoms with E-state index in [-0.39, 0.29) is 5.91 Å². The molecular weight excluding hydrogens is 310 g/mol. The van der Waals surface area contributed by atoms with E-state index in [0.29, 0.717) is 17.7 Å². The van der Waals surface area contributed by atoms with Crippen LogP contribution in [0.25, 0.3) is 0 Å². The van der Waals surface area contributed by atoms with Gasteiger partial charge in [-0.3, -0.25) is 4.79 Å². The van der Waals surface area contributed by atoms with Gasteiger partial charge in [0.05, 0.1) is 0 Å². The van der Waals surface area contributed by atoms with Crippen LogP contribution >= 0.6 is 0 Å². The van der Waals surface area contributed by atoms with Crippen LogP contribution in [-0.4, -0.2) is 17.6 Å². The van der Waals surface area contributed by atoms with Gasteiger partial charge < -0.3 is 10.4 Å². The second kappa shape index (κ2) is 8.27. The third-order valence-corrected chi connectivity index (χ3v) is 4.16. The van der Waals surface area contributed by atoms with Crippen LogP contribution in [0.4, 0.5) is 0 Å². The van der Waals surface area contributed by atoms with Crippen molar-refractivity contribution >= 4 is 5.91 Å². The molecule has 3 aromatic carbocycles. The van der Waals surface area contributed by atoms with Gasteiger partial charge in [0.15, 0.2) is 0 Å². The lowest BCUT2D eigenvalue weighted by Crippen LogP contribution is -2.27. The van der Waals surface area contributed by atoms with Crippen LogP contribution in [0.15, 0.2) is 84.9 Å². The molecule has 25 heavy (non-hydrogen) atoms. The smallest absolute Gasteiger partial charge is 0.251 e. The summed E-state index contributed by atoms with van der Waals surface area (Å²) in [5.41, 5.74) is 3.07. The molecule has 1 amide bonds. The lowest BCUT2D eigenvalue weighted by Gasteiger charge is -2.16. The predicted octanol–water partition coefficient (Wildman–Crippen LogP) is 3.74. The monoisotopic (exact) mass is 331 g/mol. The van der Waals surface area contributed by atoms with E-state index in [2.05, 4.69) is 5.32 Å². The highest BCUT2D eigenvalue weighted by atomic mass is 16.3. The Bertz CT molecular complexity index is 816. The number of carbonyl (C=O) groups excluding carboxylic acids is 1. The molecule has 0 aromatic heterocycles. The predicted molar refractivity (Wildman–Crippen MR) is 99.4 cm³/mol. The molecule has 3 aromatic rings. The summed E-state index contributed by atoms with van der Waals surface area (Å²) < 4.78 is 0. The molecule has 2 N–H and O–H groups in total. The first kappa shape index (κ1) is 16.9. The quantitative estimate of drug-likeness (QED) is 0.723. The second-order valence-electron chi connectivity index (χ2n) is 5.89. The molecule has 0 radical (unpaired) electrons. The van der Waals surface area contributed by atoms with Gasteiger partial charge in [-0.2, -0.15) is 0 Å². The standard InChI is InChI=1S/C22H21NO2/c24-21(18-11-5-2-6-12-18)19-13-7-8-14-20(19)22(25)23-16-15-17-9-3-1-4-10-17/h1-14,21,24H,15-16H2,(H,23,25). The summed E-state index contributed by atoms with van der Waals surface area (Å²) in [6.45, 7) is 0.554. The minimum Gasteiger partial charge on any atom is -0.384 e. The van der Waals surface area contributed by atoms with Crippen molar-refractivity contribution < 1.29 is 9.90 Å². The molecule has 0 aliphatic carbocycles. The number of hydrogen-bond acceptors (Lipinski definition) is 2. The molecule has 0 aliphatic rings. The van der Waals surface area contributed by atoms with Crippen LogP contribution < -0.4 is 5.32 Å². The lowest BCUT2D eigenvalue weighted by molar-refractivity contribution is 0.0949. The van der Waals surface area contributed by atoms with Crippen LogP contribution in [0.5, 0.6) is 0 Å². The molecule has 0 saturated carbocycles. The summed E-state index contributed by atoms with van der Waals surface area (Å²) in [7, 11) is 0. The molecule has 0 spiro atoms. The number of rotatable bonds is 6. The highest BCUT2D eigenvalue weighted by Crippen LogP contribution is 2.24. The number of benzene rings is 3. The van der Waals surface area contributed by atoms with Gasteiger partial charge in [0, 0.05) is 12.1 Å². The van der Waals surface area contributed by atoms with E-state index in [1.807, 2.05) is 72.8 Å². The van der Waals surface area contributed by atoms with E-state index < -0.39 is 6.10 Å². The van der Waals surface area contributed by atoms with Crippen molar-refractivity contribution in [3.8, 4) is 0 Å². The Labute approximate surface area is 148 Å². The maximum atomic E-state index is 12.6. The van der Waals surface area contributed by atoms with Crippen molar-refractivity contribution in [2.75, 3.05) is 6.54 Å².